The molecule has 1 aliphatic heterocycles. The molecule has 0 aliphatic carbocycles. The highest BCUT2D eigenvalue weighted by atomic mass is 32.1. The Morgan fingerprint density at radius 2 is 2.10 bits per heavy atom. The monoisotopic (exact) mass is 300 g/mol. The van der Waals surface area contributed by atoms with Gasteiger partial charge in [0.25, 0.3) is 0 Å². The quantitative estimate of drug-likeness (QED) is 0.929. The Morgan fingerprint density at radius 1 is 1.29 bits per heavy atom. The van der Waals surface area contributed by atoms with Crippen LogP contribution in [0.15, 0.2) is 47.2 Å². The lowest BCUT2D eigenvalue weighted by molar-refractivity contribution is 0.106. The number of rotatable bonds is 4. The molecule has 2 heterocycles. The molecule has 3 rings (SSSR count). The van der Waals surface area contributed by atoms with Gasteiger partial charge in [-0.15, -0.1) is 0 Å². The van der Waals surface area contributed by atoms with Gasteiger partial charge in [0.15, 0.2) is 0 Å². The van der Waals surface area contributed by atoms with Crippen LogP contribution in [0.25, 0.3) is 0 Å². The van der Waals surface area contributed by atoms with Crippen LogP contribution >= 0.6 is 11.3 Å². The van der Waals surface area contributed by atoms with Gasteiger partial charge in [0, 0.05) is 25.7 Å². The molecule has 0 amide bonds. The Hall–Kier alpha value is -1.16. The Kier molecular flexibility index (Phi) is 4.43. The molecule has 1 aromatic heterocycles. The summed E-state index contributed by atoms with van der Waals surface area (Å²) in [6, 6.07) is 13.7. The van der Waals surface area contributed by atoms with Gasteiger partial charge in [-0.05, 0) is 48.2 Å². The minimum absolute atomic E-state index is 0.0580. The van der Waals surface area contributed by atoms with Gasteiger partial charge in [0.2, 0.25) is 0 Å². The lowest BCUT2D eigenvalue weighted by atomic mass is 9.89. The van der Waals surface area contributed by atoms with E-state index in [-0.39, 0.29) is 5.54 Å². The maximum absolute atomic E-state index is 3.72. The first-order chi connectivity index (χ1) is 10.2. The molecule has 0 saturated carbocycles. The third-order valence-electron chi connectivity index (χ3n) is 4.58. The zero-order valence-electron chi connectivity index (χ0n) is 12.9. The van der Waals surface area contributed by atoms with Gasteiger partial charge >= 0.3 is 0 Å². The molecule has 2 nitrogen and oxygen atoms in total. The van der Waals surface area contributed by atoms with Crippen LogP contribution in [0.4, 0.5) is 0 Å². The maximum atomic E-state index is 3.72. The summed E-state index contributed by atoms with van der Waals surface area (Å²) in [6.45, 7) is 7.94. The van der Waals surface area contributed by atoms with Crippen molar-refractivity contribution in [2.24, 2.45) is 0 Å². The van der Waals surface area contributed by atoms with Crippen molar-refractivity contribution in [3.05, 3.63) is 58.3 Å². The summed E-state index contributed by atoms with van der Waals surface area (Å²) in [5, 5.41) is 8.16. The number of thiophene rings is 1. The fourth-order valence-electron chi connectivity index (χ4n) is 3.27. The normalized spacial score (nSPS) is 24.9. The molecule has 112 valence electrons. The third kappa shape index (κ3) is 3.37. The Balaban J connectivity index is 1.70. The number of benzene rings is 1. The van der Waals surface area contributed by atoms with Gasteiger partial charge < -0.3 is 5.32 Å². The molecule has 0 spiro atoms. The number of piperazine rings is 1. The summed E-state index contributed by atoms with van der Waals surface area (Å²) in [7, 11) is 0. The molecule has 1 fully saturated rings. The Morgan fingerprint density at radius 3 is 2.81 bits per heavy atom. The maximum Gasteiger partial charge on any atom is 0.0535 e. The molecule has 1 aliphatic rings. The fourth-order valence-corrected chi connectivity index (χ4v) is 3.95. The molecule has 3 heteroatoms. The van der Waals surface area contributed by atoms with Gasteiger partial charge in [0.05, 0.1) is 5.54 Å². The van der Waals surface area contributed by atoms with Crippen LogP contribution in [0.5, 0.6) is 0 Å². The van der Waals surface area contributed by atoms with Gasteiger partial charge in [0.1, 0.15) is 0 Å². The minimum Gasteiger partial charge on any atom is -0.305 e. The standard InChI is InChI=1S/C18H24N2S/c1-15(12-16-8-11-21-13-16)20-10-9-19-18(2,14-20)17-6-4-3-5-7-17/h3-8,11,13,15,19H,9-10,12,14H2,1-2H3. The van der Waals surface area contributed by atoms with E-state index in [2.05, 4.69) is 71.2 Å². The van der Waals surface area contributed by atoms with Crippen LogP contribution in [-0.2, 0) is 12.0 Å². The first-order valence-corrected chi connectivity index (χ1v) is 8.67. The summed E-state index contributed by atoms with van der Waals surface area (Å²) in [5.74, 6) is 0. The third-order valence-corrected chi connectivity index (χ3v) is 5.31. The van der Waals surface area contributed by atoms with E-state index in [9.17, 15) is 0 Å². The van der Waals surface area contributed by atoms with Crippen LogP contribution in [0.2, 0.25) is 0 Å². The fraction of sp³-hybridized carbons (Fsp3) is 0.444. The molecular formula is C18H24N2S. The molecule has 2 atom stereocenters. The van der Waals surface area contributed by atoms with E-state index < -0.39 is 0 Å². The number of hydrogen-bond donors (Lipinski definition) is 1. The van der Waals surface area contributed by atoms with E-state index in [0.717, 1.165) is 26.1 Å². The molecule has 1 saturated heterocycles. The van der Waals surface area contributed by atoms with Gasteiger partial charge in [-0.25, -0.2) is 0 Å². The van der Waals surface area contributed by atoms with Crippen molar-refractivity contribution < 1.29 is 0 Å². The SMILES string of the molecule is CC(Cc1ccsc1)N1CCNC(C)(c2ccccc2)C1. The van der Waals surface area contributed by atoms with E-state index in [1.54, 1.807) is 11.3 Å². The zero-order valence-corrected chi connectivity index (χ0v) is 13.7. The Labute approximate surface area is 131 Å². The highest BCUT2D eigenvalue weighted by Crippen LogP contribution is 2.26. The van der Waals surface area contributed by atoms with Crippen molar-refractivity contribution in [2.75, 3.05) is 19.6 Å². The van der Waals surface area contributed by atoms with Gasteiger partial charge in [-0.2, -0.15) is 11.3 Å². The van der Waals surface area contributed by atoms with Gasteiger partial charge in [-0.3, -0.25) is 4.90 Å². The second-order valence-electron chi connectivity index (χ2n) is 6.28. The molecule has 1 aromatic carbocycles. The first kappa shape index (κ1) is 14.8. The molecular weight excluding hydrogens is 276 g/mol. The smallest absolute Gasteiger partial charge is 0.0535 e. The van der Waals surface area contributed by atoms with Crippen molar-refractivity contribution in [1.29, 1.82) is 0 Å². The lowest BCUT2D eigenvalue weighted by Gasteiger charge is -2.44. The second-order valence-corrected chi connectivity index (χ2v) is 7.06. The zero-order chi connectivity index (χ0) is 14.7. The number of hydrogen-bond acceptors (Lipinski definition) is 3. The summed E-state index contributed by atoms with van der Waals surface area (Å²) in [4.78, 5) is 2.63. The first-order valence-electron chi connectivity index (χ1n) is 7.73. The van der Waals surface area contributed by atoms with Crippen molar-refractivity contribution in [2.45, 2.75) is 31.8 Å². The van der Waals surface area contributed by atoms with Crippen LogP contribution in [-0.4, -0.2) is 30.6 Å². The van der Waals surface area contributed by atoms with Crippen molar-refractivity contribution in [3.8, 4) is 0 Å². The molecule has 1 N–H and O–H groups in total. The average Bonchev–Trinajstić information content (AvgIpc) is 3.01. The van der Waals surface area contributed by atoms with Crippen LogP contribution in [0.3, 0.4) is 0 Å². The summed E-state index contributed by atoms with van der Waals surface area (Å²) >= 11 is 1.79. The van der Waals surface area contributed by atoms with E-state index in [1.165, 1.54) is 11.1 Å². The van der Waals surface area contributed by atoms with Crippen molar-refractivity contribution in [3.63, 3.8) is 0 Å². The highest BCUT2D eigenvalue weighted by Gasteiger charge is 2.33. The van der Waals surface area contributed by atoms with E-state index in [4.69, 9.17) is 0 Å². The summed E-state index contributed by atoms with van der Waals surface area (Å²) < 4.78 is 0. The predicted octanol–water partition coefficient (Wildman–Crippen LogP) is 3.50. The largest absolute Gasteiger partial charge is 0.305 e. The highest BCUT2D eigenvalue weighted by molar-refractivity contribution is 7.07. The molecule has 0 bridgehead atoms. The van der Waals surface area contributed by atoms with E-state index in [0.29, 0.717) is 6.04 Å². The summed E-state index contributed by atoms with van der Waals surface area (Å²) in [6.07, 6.45) is 1.15. The minimum atomic E-state index is 0.0580. The predicted molar refractivity (Wildman–Crippen MR) is 90.9 cm³/mol. The van der Waals surface area contributed by atoms with Crippen molar-refractivity contribution in [1.82, 2.24) is 10.2 Å². The molecule has 2 unspecified atom stereocenters. The summed E-state index contributed by atoms with van der Waals surface area (Å²) in [5.41, 5.74) is 2.91. The molecule has 2 aromatic rings. The number of nitrogens with one attached hydrogen (secondary N) is 1. The molecule has 0 radical (unpaired) electrons. The van der Waals surface area contributed by atoms with Crippen LogP contribution in [0.1, 0.15) is 25.0 Å². The lowest BCUT2D eigenvalue weighted by Crippen LogP contribution is -2.58. The Bertz CT molecular complexity index is 552. The topological polar surface area (TPSA) is 15.3 Å². The average molecular weight is 300 g/mol. The van der Waals surface area contributed by atoms with Crippen LogP contribution < -0.4 is 5.32 Å². The second kappa shape index (κ2) is 6.30. The molecule has 21 heavy (non-hydrogen) atoms. The van der Waals surface area contributed by atoms with Crippen LogP contribution in [0, 0.1) is 0 Å². The number of nitrogens with zero attached hydrogens (tertiary/aromatic N) is 1. The van der Waals surface area contributed by atoms with Gasteiger partial charge in [-0.1, -0.05) is 30.3 Å². The van der Waals surface area contributed by atoms with Crippen molar-refractivity contribution >= 4 is 11.3 Å². The van der Waals surface area contributed by atoms with E-state index in [1.807, 2.05) is 0 Å². The van der Waals surface area contributed by atoms with E-state index >= 15 is 0 Å².